The third-order valence-corrected chi connectivity index (χ3v) is 5.53. The summed E-state index contributed by atoms with van der Waals surface area (Å²) in [5.41, 5.74) is 5.68. The second-order valence-electron chi connectivity index (χ2n) is 8.73. The van der Waals surface area contributed by atoms with Gasteiger partial charge in [-0.05, 0) is 74.5 Å². The molecule has 0 bridgehead atoms. The molecular weight excluding hydrogens is 455 g/mol. The van der Waals surface area contributed by atoms with E-state index in [9.17, 15) is 9.18 Å². The van der Waals surface area contributed by atoms with E-state index < -0.39 is 0 Å². The highest BCUT2D eigenvalue weighted by atomic mass is 19.1. The van der Waals surface area contributed by atoms with Gasteiger partial charge in [0, 0.05) is 18.7 Å². The van der Waals surface area contributed by atoms with Gasteiger partial charge in [0.25, 0.3) is 0 Å². The van der Waals surface area contributed by atoms with Gasteiger partial charge < -0.3 is 15.2 Å². The van der Waals surface area contributed by atoms with Crippen molar-refractivity contribution in [1.82, 2.24) is 14.5 Å². The number of anilines is 3. The molecule has 2 aromatic carbocycles. The van der Waals surface area contributed by atoms with Crippen LogP contribution in [0.3, 0.4) is 0 Å². The van der Waals surface area contributed by atoms with Crippen molar-refractivity contribution in [1.29, 1.82) is 0 Å². The molecule has 180 valence electrons. The van der Waals surface area contributed by atoms with Gasteiger partial charge in [-0.15, -0.1) is 0 Å². The van der Waals surface area contributed by atoms with Gasteiger partial charge >= 0.3 is 0 Å². The van der Waals surface area contributed by atoms with Crippen molar-refractivity contribution in [3.05, 3.63) is 90.2 Å². The van der Waals surface area contributed by atoms with Gasteiger partial charge in [0.15, 0.2) is 0 Å². The Hall–Kier alpha value is -4.59. The van der Waals surface area contributed by atoms with Crippen LogP contribution in [0.25, 0.3) is 28.1 Å². The molecule has 0 saturated carbocycles. The Labute approximate surface area is 207 Å². The number of carbonyl (C=O) groups is 1. The Morgan fingerprint density at radius 1 is 1.03 bits per heavy atom. The van der Waals surface area contributed by atoms with Crippen LogP contribution in [0.4, 0.5) is 21.6 Å². The van der Waals surface area contributed by atoms with Crippen LogP contribution in [0.15, 0.2) is 84.0 Å². The summed E-state index contributed by atoms with van der Waals surface area (Å²) in [6.45, 7) is 5.48. The molecule has 0 atom stereocenters. The van der Waals surface area contributed by atoms with Crippen molar-refractivity contribution in [2.75, 3.05) is 10.6 Å². The largest absolute Gasteiger partial charge is 0.352 e. The van der Waals surface area contributed by atoms with Crippen LogP contribution in [0.1, 0.15) is 20.8 Å². The first-order valence-corrected chi connectivity index (χ1v) is 11.6. The van der Waals surface area contributed by atoms with E-state index in [1.54, 1.807) is 24.4 Å². The topological polar surface area (TPSA) is 84.2 Å². The number of nitrogens with zero attached hydrogens (tertiary/aromatic N) is 4. The van der Waals surface area contributed by atoms with Crippen molar-refractivity contribution >= 4 is 34.1 Å². The molecule has 1 amide bonds. The first-order valence-electron chi connectivity index (χ1n) is 11.6. The number of para-hydroxylation sites is 2. The maximum absolute atomic E-state index is 13.7. The van der Waals surface area contributed by atoms with E-state index >= 15 is 0 Å². The van der Waals surface area contributed by atoms with Crippen LogP contribution in [-0.4, -0.2) is 26.5 Å². The van der Waals surface area contributed by atoms with Gasteiger partial charge in [-0.2, -0.15) is 0 Å². The minimum atomic E-state index is -0.290. The molecule has 1 aliphatic carbocycles. The maximum Gasteiger partial charge on any atom is 0.222 e. The number of benzene rings is 3. The number of nitrogens with one attached hydrogen (secondary N) is 2. The van der Waals surface area contributed by atoms with Crippen molar-refractivity contribution in [2.45, 2.75) is 26.8 Å². The second-order valence-corrected chi connectivity index (χ2v) is 8.73. The van der Waals surface area contributed by atoms with Gasteiger partial charge in [0.1, 0.15) is 11.6 Å². The van der Waals surface area contributed by atoms with Crippen LogP contribution in [-0.2, 0) is 4.79 Å². The van der Waals surface area contributed by atoms with E-state index in [1.165, 1.54) is 19.1 Å². The molecular formula is C28H25FN6O. The monoisotopic (exact) mass is 480 g/mol. The number of fused-ring (bicyclic) bond motifs is 2. The molecule has 0 unspecified atom stereocenters. The Bertz CT molecular complexity index is 1590. The normalized spacial score (nSPS) is 11.9. The Morgan fingerprint density at radius 3 is 2.50 bits per heavy atom. The van der Waals surface area contributed by atoms with Crippen LogP contribution < -0.4 is 16.0 Å². The van der Waals surface area contributed by atoms with Crippen molar-refractivity contribution < 1.29 is 9.18 Å². The Kier molecular flexibility index (Phi) is 6.16. The predicted octanol–water partition coefficient (Wildman–Crippen LogP) is 5.68. The van der Waals surface area contributed by atoms with E-state index in [-0.39, 0.29) is 17.8 Å². The molecule has 2 N–H and O–H groups in total. The second kappa shape index (κ2) is 9.58. The molecule has 1 aliphatic heterocycles. The van der Waals surface area contributed by atoms with E-state index in [2.05, 4.69) is 20.2 Å². The molecule has 8 heteroatoms. The number of amides is 1. The molecule has 2 aliphatic rings. The number of hydrogen-bond donors (Lipinski definition) is 2. The highest BCUT2D eigenvalue weighted by molar-refractivity contribution is 5.88. The summed E-state index contributed by atoms with van der Waals surface area (Å²) in [6.07, 6.45) is 1.65. The summed E-state index contributed by atoms with van der Waals surface area (Å²) in [5, 5.41) is 6.83. The zero-order valence-corrected chi connectivity index (χ0v) is 20.2. The lowest BCUT2D eigenvalue weighted by Crippen LogP contribution is -2.16. The van der Waals surface area contributed by atoms with E-state index in [0.29, 0.717) is 5.82 Å². The summed E-state index contributed by atoms with van der Waals surface area (Å²) in [6, 6.07) is 21.9. The third kappa shape index (κ3) is 4.79. The summed E-state index contributed by atoms with van der Waals surface area (Å²) < 4.78 is 15.8. The lowest BCUT2D eigenvalue weighted by molar-refractivity contribution is -0.114. The van der Waals surface area contributed by atoms with Gasteiger partial charge in [0.2, 0.25) is 5.91 Å². The zero-order chi connectivity index (χ0) is 25.2. The fraction of sp³-hybridized carbons (Fsp3) is 0.143. The Morgan fingerprint density at radius 2 is 1.81 bits per heavy atom. The van der Waals surface area contributed by atoms with Gasteiger partial charge in [-0.25, -0.2) is 14.4 Å². The minimum Gasteiger partial charge on any atom is -0.352 e. The average Bonchev–Trinajstić information content (AvgIpc) is 2.84. The average molecular weight is 481 g/mol. The number of hydrogen-bond acceptors (Lipinski definition) is 5. The van der Waals surface area contributed by atoms with Crippen molar-refractivity contribution in [2.24, 2.45) is 4.99 Å². The van der Waals surface area contributed by atoms with Gasteiger partial charge in [0.05, 0.1) is 45.4 Å². The summed E-state index contributed by atoms with van der Waals surface area (Å²) in [4.78, 5) is 25.3. The van der Waals surface area contributed by atoms with Crippen molar-refractivity contribution in [3.8, 4) is 17.1 Å². The molecule has 1 aromatic heterocycles. The summed E-state index contributed by atoms with van der Waals surface area (Å²) >= 11 is 0. The smallest absolute Gasteiger partial charge is 0.222 e. The maximum atomic E-state index is 13.7. The van der Waals surface area contributed by atoms with Crippen molar-refractivity contribution in [3.63, 3.8) is 0 Å². The van der Waals surface area contributed by atoms with Crippen LogP contribution in [0.2, 0.25) is 0 Å². The zero-order valence-electron chi connectivity index (χ0n) is 20.2. The molecule has 5 rings (SSSR count). The number of halogens is 1. The number of pyridine rings is 1. The van der Waals surface area contributed by atoms with Crippen LogP contribution in [0.5, 0.6) is 0 Å². The summed E-state index contributed by atoms with van der Waals surface area (Å²) in [7, 11) is 0. The fourth-order valence-electron chi connectivity index (χ4n) is 4.07. The quantitative estimate of drug-likeness (QED) is 0.317. The number of rotatable bonds is 5. The molecule has 7 nitrogen and oxygen atoms in total. The van der Waals surface area contributed by atoms with E-state index in [0.717, 1.165) is 44.8 Å². The van der Waals surface area contributed by atoms with E-state index in [1.807, 2.05) is 56.3 Å². The third-order valence-electron chi connectivity index (χ3n) is 5.53. The number of carbonyl (C=O) groups excluding carboxylic acids is 1. The summed E-state index contributed by atoms with van der Waals surface area (Å²) in [5.74, 6) is 0.0118. The molecule has 2 heterocycles. The molecule has 0 radical (unpaired) electrons. The SMILES string of the molecule is CC(=O)Nc1ccc(Nc2cc3nc4ccccc4n(-c4ccc(F)cc4)c-3cc2=NC(C)C)cn1. The first kappa shape index (κ1) is 23.2. The van der Waals surface area contributed by atoms with Gasteiger partial charge in [-0.1, -0.05) is 12.1 Å². The molecule has 0 spiro atoms. The van der Waals surface area contributed by atoms with E-state index in [4.69, 9.17) is 9.98 Å². The highest BCUT2D eigenvalue weighted by Crippen LogP contribution is 2.30. The highest BCUT2D eigenvalue weighted by Gasteiger charge is 2.17. The number of aromatic nitrogens is 3. The Balaban J connectivity index is 1.70. The first-order chi connectivity index (χ1) is 17.4. The fourth-order valence-corrected chi connectivity index (χ4v) is 4.07. The predicted molar refractivity (Wildman–Crippen MR) is 140 cm³/mol. The van der Waals surface area contributed by atoms with Crippen LogP contribution >= 0.6 is 0 Å². The lowest BCUT2D eigenvalue weighted by atomic mass is 10.1. The standard InChI is InChI=1S/C28H25FN6O/c1-17(2)31-24-15-27-25(14-23(24)33-20-10-13-28(30-16-20)32-18(3)36)34-22-6-4-5-7-26(22)35(27)21-11-8-19(29)9-12-21/h4-17,33H,1-3H3,(H,30,32,36). The molecule has 3 aromatic rings. The van der Waals surface area contributed by atoms with Gasteiger partial charge in [-0.3, -0.25) is 9.79 Å². The molecule has 36 heavy (non-hydrogen) atoms. The molecule has 0 saturated heterocycles. The minimum absolute atomic E-state index is 0.0518. The van der Waals surface area contributed by atoms with Crippen LogP contribution in [0, 0.1) is 5.82 Å². The molecule has 0 fully saturated rings. The lowest BCUT2D eigenvalue weighted by Gasteiger charge is -2.20.